The SMILES string of the molecule is CCNCCOc1ccc2c(c1)C(C)(C)c1oc3ccccc3c1C2=O. The number of furan rings is 1. The Labute approximate surface area is 153 Å². The van der Waals surface area contributed by atoms with Gasteiger partial charge in [-0.05, 0) is 50.2 Å². The summed E-state index contributed by atoms with van der Waals surface area (Å²) in [7, 11) is 0. The molecule has 0 radical (unpaired) electrons. The normalized spacial score (nSPS) is 15.0. The maximum absolute atomic E-state index is 13.2. The van der Waals surface area contributed by atoms with Crippen LogP contribution in [-0.4, -0.2) is 25.5 Å². The lowest BCUT2D eigenvalue weighted by Gasteiger charge is -2.30. The third-order valence-electron chi connectivity index (χ3n) is 5.10. The average molecular weight is 349 g/mol. The standard InChI is InChI=1S/C22H23NO3/c1-4-23-11-12-25-14-9-10-15-17(13-14)22(2,3)21-19(20(15)24)16-7-5-6-8-18(16)26-21/h5-10,13,23H,4,11-12H2,1-3H3. The number of nitrogens with one attached hydrogen (secondary N) is 1. The molecule has 0 saturated heterocycles. The molecular weight excluding hydrogens is 326 g/mol. The van der Waals surface area contributed by atoms with E-state index in [1.807, 2.05) is 42.5 Å². The molecule has 4 nitrogen and oxygen atoms in total. The van der Waals surface area contributed by atoms with Crippen LogP contribution >= 0.6 is 0 Å². The molecule has 1 aromatic heterocycles. The van der Waals surface area contributed by atoms with E-state index in [-0.39, 0.29) is 5.78 Å². The van der Waals surface area contributed by atoms with Crippen molar-refractivity contribution in [3.05, 3.63) is 64.9 Å². The summed E-state index contributed by atoms with van der Waals surface area (Å²) in [5.74, 6) is 1.54. The number of ether oxygens (including phenoxy) is 1. The molecule has 1 aliphatic carbocycles. The molecule has 0 atom stereocenters. The average Bonchev–Trinajstić information content (AvgIpc) is 3.04. The van der Waals surface area contributed by atoms with E-state index in [9.17, 15) is 4.79 Å². The van der Waals surface area contributed by atoms with Crippen LogP contribution in [0.25, 0.3) is 11.0 Å². The molecule has 4 rings (SSSR count). The van der Waals surface area contributed by atoms with Gasteiger partial charge in [-0.2, -0.15) is 0 Å². The predicted octanol–water partition coefficient (Wildman–Crippen LogP) is 4.29. The number of carbonyl (C=O) groups excluding carboxylic acids is 1. The Bertz CT molecular complexity index is 984. The van der Waals surface area contributed by atoms with E-state index in [2.05, 4.69) is 26.1 Å². The molecular formula is C22H23NO3. The van der Waals surface area contributed by atoms with Crippen LogP contribution in [0.5, 0.6) is 5.75 Å². The molecule has 3 aromatic rings. The van der Waals surface area contributed by atoms with E-state index in [0.717, 1.165) is 46.7 Å². The second kappa shape index (κ2) is 6.29. The van der Waals surface area contributed by atoms with E-state index >= 15 is 0 Å². The van der Waals surface area contributed by atoms with E-state index in [4.69, 9.17) is 9.15 Å². The first-order valence-corrected chi connectivity index (χ1v) is 9.08. The van der Waals surface area contributed by atoms with Crippen molar-refractivity contribution in [1.29, 1.82) is 0 Å². The highest BCUT2D eigenvalue weighted by Gasteiger charge is 2.41. The lowest BCUT2D eigenvalue weighted by Crippen LogP contribution is -2.29. The summed E-state index contributed by atoms with van der Waals surface area (Å²) >= 11 is 0. The number of rotatable bonds is 5. The monoisotopic (exact) mass is 349 g/mol. The van der Waals surface area contributed by atoms with E-state index in [0.29, 0.717) is 12.2 Å². The Morgan fingerprint density at radius 3 is 2.77 bits per heavy atom. The van der Waals surface area contributed by atoms with Gasteiger partial charge in [0.05, 0.1) is 5.56 Å². The fraction of sp³-hybridized carbons (Fsp3) is 0.318. The van der Waals surface area contributed by atoms with Gasteiger partial charge in [0, 0.05) is 22.9 Å². The van der Waals surface area contributed by atoms with E-state index in [1.165, 1.54) is 0 Å². The van der Waals surface area contributed by atoms with Crippen molar-refractivity contribution in [2.24, 2.45) is 0 Å². The number of likely N-dealkylation sites (N-methyl/N-ethyl adjacent to an activating group) is 1. The van der Waals surface area contributed by atoms with Crippen molar-refractivity contribution in [3.63, 3.8) is 0 Å². The Morgan fingerprint density at radius 2 is 1.96 bits per heavy atom. The minimum Gasteiger partial charge on any atom is -0.492 e. The number of ketones is 1. The Kier molecular flexibility index (Phi) is 4.08. The highest BCUT2D eigenvalue weighted by atomic mass is 16.5. The first-order chi connectivity index (χ1) is 12.5. The van der Waals surface area contributed by atoms with Crippen LogP contribution in [0.3, 0.4) is 0 Å². The molecule has 0 bridgehead atoms. The smallest absolute Gasteiger partial charge is 0.197 e. The highest BCUT2D eigenvalue weighted by Crippen LogP contribution is 2.46. The van der Waals surface area contributed by atoms with Gasteiger partial charge >= 0.3 is 0 Å². The molecule has 0 unspecified atom stereocenters. The molecule has 0 saturated carbocycles. The minimum absolute atomic E-state index is 0.0264. The Hall–Kier alpha value is -2.59. The molecule has 134 valence electrons. The lowest BCUT2D eigenvalue weighted by atomic mass is 9.72. The topological polar surface area (TPSA) is 51.5 Å². The van der Waals surface area contributed by atoms with Crippen molar-refractivity contribution in [2.45, 2.75) is 26.2 Å². The summed E-state index contributed by atoms with van der Waals surface area (Å²) in [6.45, 7) is 8.58. The fourth-order valence-corrected chi connectivity index (χ4v) is 3.71. The van der Waals surface area contributed by atoms with Crippen molar-refractivity contribution < 1.29 is 13.9 Å². The third-order valence-corrected chi connectivity index (χ3v) is 5.10. The van der Waals surface area contributed by atoms with Crippen LogP contribution in [0.4, 0.5) is 0 Å². The number of carbonyl (C=O) groups is 1. The summed E-state index contributed by atoms with van der Waals surface area (Å²) in [5, 5.41) is 4.12. The van der Waals surface area contributed by atoms with Crippen LogP contribution < -0.4 is 10.1 Å². The van der Waals surface area contributed by atoms with Gasteiger partial charge in [0.15, 0.2) is 5.78 Å². The lowest BCUT2D eigenvalue weighted by molar-refractivity contribution is 0.102. The maximum Gasteiger partial charge on any atom is 0.197 e. The predicted molar refractivity (Wildman–Crippen MR) is 102 cm³/mol. The second-order valence-electron chi connectivity index (χ2n) is 7.17. The third kappa shape index (κ3) is 2.53. The van der Waals surface area contributed by atoms with Gasteiger partial charge in [0.25, 0.3) is 0 Å². The largest absolute Gasteiger partial charge is 0.492 e. The van der Waals surface area contributed by atoms with Gasteiger partial charge in [0.2, 0.25) is 0 Å². The van der Waals surface area contributed by atoms with E-state index in [1.54, 1.807) is 0 Å². The summed E-state index contributed by atoms with van der Waals surface area (Å²) in [5.41, 5.74) is 2.73. The van der Waals surface area contributed by atoms with Crippen LogP contribution in [-0.2, 0) is 5.41 Å². The molecule has 4 heteroatoms. The molecule has 1 aliphatic rings. The number of benzene rings is 2. The van der Waals surface area contributed by atoms with Crippen molar-refractivity contribution in [3.8, 4) is 5.75 Å². The molecule has 0 fully saturated rings. The van der Waals surface area contributed by atoms with Crippen LogP contribution in [0.15, 0.2) is 46.9 Å². The molecule has 0 spiro atoms. The van der Waals surface area contributed by atoms with Gasteiger partial charge in [-0.3, -0.25) is 4.79 Å². The number of fused-ring (bicyclic) bond motifs is 4. The first kappa shape index (κ1) is 16.9. The van der Waals surface area contributed by atoms with Gasteiger partial charge in [-0.1, -0.05) is 25.1 Å². The van der Waals surface area contributed by atoms with Crippen LogP contribution in [0.1, 0.15) is 48.0 Å². The zero-order valence-corrected chi connectivity index (χ0v) is 15.4. The van der Waals surface area contributed by atoms with Crippen molar-refractivity contribution >= 4 is 16.8 Å². The molecule has 1 heterocycles. The summed E-state index contributed by atoms with van der Waals surface area (Å²) < 4.78 is 12.0. The van der Waals surface area contributed by atoms with Crippen molar-refractivity contribution in [1.82, 2.24) is 5.32 Å². The second-order valence-corrected chi connectivity index (χ2v) is 7.17. The zero-order valence-electron chi connectivity index (χ0n) is 15.4. The minimum atomic E-state index is -0.404. The molecule has 0 aliphatic heterocycles. The fourth-order valence-electron chi connectivity index (χ4n) is 3.71. The number of para-hydroxylation sites is 1. The van der Waals surface area contributed by atoms with Gasteiger partial charge < -0.3 is 14.5 Å². The number of hydrogen-bond donors (Lipinski definition) is 1. The highest BCUT2D eigenvalue weighted by molar-refractivity contribution is 6.19. The summed E-state index contributed by atoms with van der Waals surface area (Å²) in [6, 6.07) is 13.5. The Morgan fingerprint density at radius 1 is 1.15 bits per heavy atom. The zero-order chi connectivity index (χ0) is 18.3. The quantitative estimate of drug-likeness (QED) is 0.698. The van der Waals surface area contributed by atoms with Gasteiger partial charge in [-0.25, -0.2) is 0 Å². The first-order valence-electron chi connectivity index (χ1n) is 9.08. The molecule has 0 amide bonds. The number of hydrogen-bond acceptors (Lipinski definition) is 4. The molecule has 2 aromatic carbocycles. The van der Waals surface area contributed by atoms with Crippen LogP contribution in [0, 0.1) is 0 Å². The summed E-state index contributed by atoms with van der Waals surface area (Å²) in [6.07, 6.45) is 0. The molecule has 1 N–H and O–H groups in total. The maximum atomic E-state index is 13.2. The van der Waals surface area contributed by atoms with E-state index < -0.39 is 5.41 Å². The Balaban J connectivity index is 1.77. The van der Waals surface area contributed by atoms with Gasteiger partial charge in [0.1, 0.15) is 23.7 Å². The van der Waals surface area contributed by atoms with Gasteiger partial charge in [-0.15, -0.1) is 0 Å². The molecule has 26 heavy (non-hydrogen) atoms. The summed E-state index contributed by atoms with van der Waals surface area (Å²) in [4.78, 5) is 13.2. The van der Waals surface area contributed by atoms with Crippen LogP contribution in [0.2, 0.25) is 0 Å². The van der Waals surface area contributed by atoms with Crippen molar-refractivity contribution in [2.75, 3.05) is 19.7 Å².